The summed E-state index contributed by atoms with van der Waals surface area (Å²) in [6.45, 7) is 2.15. The number of nitrogens with zero attached hydrogens (tertiary/aromatic N) is 2. The third-order valence-electron chi connectivity index (χ3n) is 1.76. The lowest BCUT2D eigenvalue weighted by Crippen LogP contribution is -2.28. The number of carboxylic acids is 1. The summed E-state index contributed by atoms with van der Waals surface area (Å²) in [7, 11) is 1.84. The van der Waals surface area contributed by atoms with Gasteiger partial charge in [-0.25, -0.2) is 4.98 Å². The molecule has 78 valence electrons. The van der Waals surface area contributed by atoms with E-state index in [1.54, 1.807) is 6.92 Å². The van der Waals surface area contributed by atoms with Crippen LogP contribution in [0.1, 0.15) is 6.92 Å². The van der Waals surface area contributed by atoms with Crippen LogP contribution in [-0.4, -0.2) is 29.7 Å². The molecule has 1 atom stereocenters. The molecule has 0 fully saturated rings. The van der Waals surface area contributed by atoms with Crippen LogP contribution in [-0.2, 0) is 4.79 Å². The van der Waals surface area contributed by atoms with Crippen molar-refractivity contribution in [2.24, 2.45) is 5.92 Å². The van der Waals surface area contributed by atoms with Crippen molar-refractivity contribution < 1.29 is 9.90 Å². The first kappa shape index (κ1) is 11.5. The highest BCUT2D eigenvalue weighted by atomic mass is 79.9. The van der Waals surface area contributed by atoms with E-state index < -0.39 is 5.97 Å². The van der Waals surface area contributed by atoms with E-state index in [0.29, 0.717) is 6.54 Å². The first-order valence-corrected chi connectivity index (χ1v) is 5.73. The van der Waals surface area contributed by atoms with E-state index in [0.717, 1.165) is 9.73 Å². The number of anilines is 1. The second-order valence-electron chi connectivity index (χ2n) is 3.07. The molecule has 0 saturated heterocycles. The summed E-state index contributed by atoms with van der Waals surface area (Å²) in [5.74, 6) is -1.17. The van der Waals surface area contributed by atoms with Gasteiger partial charge in [0, 0.05) is 19.0 Å². The molecule has 4 nitrogen and oxygen atoms in total. The Morgan fingerprint density at radius 3 is 2.93 bits per heavy atom. The summed E-state index contributed by atoms with van der Waals surface area (Å²) in [4.78, 5) is 16.7. The first-order valence-electron chi connectivity index (χ1n) is 4.05. The van der Waals surface area contributed by atoms with E-state index in [-0.39, 0.29) is 5.92 Å². The van der Waals surface area contributed by atoms with Gasteiger partial charge >= 0.3 is 5.97 Å². The fourth-order valence-electron chi connectivity index (χ4n) is 0.988. The number of thiazole rings is 1. The van der Waals surface area contributed by atoms with Crippen molar-refractivity contribution in [1.82, 2.24) is 4.98 Å². The van der Waals surface area contributed by atoms with Crippen molar-refractivity contribution in [3.8, 4) is 0 Å². The molecule has 1 N–H and O–H groups in total. The summed E-state index contributed by atoms with van der Waals surface area (Å²) in [5, 5.41) is 11.4. The van der Waals surface area contributed by atoms with Crippen LogP contribution in [0.15, 0.2) is 9.98 Å². The lowest BCUT2D eigenvalue weighted by atomic mass is 10.2. The number of hydrogen-bond donors (Lipinski definition) is 1. The van der Waals surface area contributed by atoms with Gasteiger partial charge in [0.15, 0.2) is 5.13 Å². The summed E-state index contributed by atoms with van der Waals surface area (Å²) in [6, 6.07) is 0. The average molecular weight is 279 g/mol. The molecular formula is C8H11BrN2O2S. The van der Waals surface area contributed by atoms with E-state index in [1.807, 2.05) is 17.3 Å². The number of carbonyl (C=O) groups is 1. The molecule has 14 heavy (non-hydrogen) atoms. The number of rotatable bonds is 4. The van der Waals surface area contributed by atoms with Crippen LogP contribution >= 0.6 is 27.3 Å². The predicted molar refractivity (Wildman–Crippen MR) is 59.9 cm³/mol. The zero-order valence-electron chi connectivity index (χ0n) is 7.90. The van der Waals surface area contributed by atoms with Crippen LogP contribution in [0.5, 0.6) is 0 Å². The zero-order valence-corrected chi connectivity index (χ0v) is 10.3. The molecule has 6 heteroatoms. The Bertz CT molecular complexity index is 329. The highest BCUT2D eigenvalue weighted by molar-refractivity contribution is 9.10. The lowest BCUT2D eigenvalue weighted by molar-refractivity contribution is -0.140. The molecule has 0 aliphatic rings. The van der Waals surface area contributed by atoms with Crippen LogP contribution in [0, 0.1) is 5.92 Å². The van der Waals surface area contributed by atoms with Gasteiger partial charge in [-0.3, -0.25) is 4.79 Å². The van der Waals surface area contributed by atoms with Gasteiger partial charge in [-0.15, -0.1) is 11.3 Å². The second-order valence-corrected chi connectivity index (χ2v) is 4.72. The minimum absolute atomic E-state index is 0.386. The van der Waals surface area contributed by atoms with E-state index in [4.69, 9.17) is 5.11 Å². The van der Waals surface area contributed by atoms with Crippen LogP contribution in [0.2, 0.25) is 0 Å². The molecular weight excluding hydrogens is 268 g/mol. The quantitative estimate of drug-likeness (QED) is 0.916. The largest absolute Gasteiger partial charge is 0.481 e. The van der Waals surface area contributed by atoms with Gasteiger partial charge in [-0.1, -0.05) is 6.92 Å². The van der Waals surface area contributed by atoms with Crippen molar-refractivity contribution in [2.45, 2.75) is 6.92 Å². The molecule has 1 unspecified atom stereocenters. The summed E-state index contributed by atoms with van der Waals surface area (Å²) in [5.41, 5.74) is 0. The molecule has 0 bridgehead atoms. The standard InChI is InChI=1S/C8H11BrN2O2S/c1-5(7(12)13)3-11(2)8-10-6(9)4-14-8/h4-5H,3H2,1-2H3,(H,12,13). The molecule has 1 aromatic heterocycles. The fraction of sp³-hybridized carbons (Fsp3) is 0.500. The predicted octanol–water partition coefficient (Wildman–Crippen LogP) is 2.06. The topological polar surface area (TPSA) is 53.4 Å². The molecule has 0 aliphatic heterocycles. The highest BCUT2D eigenvalue weighted by Crippen LogP contribution is 2.23. The molecule has 0 aromatic carbocycles. The summed E-state index contributed by atoms with van der Waals surface area (Å²) < 4.78 is 0.785. The summed E-state index contributed by atoms with van der Waals surface area (Å²) >= 11 is 4.74. The Labute approximate surface area is 94.7 Å². The Morgan fingerprint density at radius 1 is 1.86 bits per heavy atom. The van der Waals surface area contributed by atoms with E-state index in [2.05, 4.69) is 20.9 Å². The van der Waals surface area contributed by atoms with Crippen molar-refractivity contribution in [1.29, 1.82) is 0 Å². The van der Waals surface area contributed by atoms with Gasteiger partial charge < -0.3 is 10.0 Å². The number of aliphatic carboxylic acids is 1. The van der Waals surface area contributed by atoms with Crippen LogP contribution < -0.4 is 4.90 Å². The van der Waals surface area contributed by atoms with Gasteiger partial charge in [0.05, 0.1) is 5.92 Å². The normalized spacial score (nSPS) is 12.5. The Kier molecular flexibility index (Phi) is 3.88. The van der Waals surface area contributed by atoms with Gasteiger partial charge in [0.25, 0.3) is 0 Å². The van der Waals surface area contributed by atoms with Gasteiger partial charge in [-0.05, 0) is 15.9 Å². The van der Waals surface area contributed by atoms with Gasteiger partial charge in [0.1, 0.15) is 4.60 Å². The Hall–Kier alpha value is -0.620. The Balaban J connectivity index is 2.58. The monoisotopic (exact) mass is 278 g/mol. The third-order valence-corrected chi connectivity index (χ3v) is 3.42. The van der Waals surface area contributed by atoms with E-state index >= 15 is 0 Å². The van der Waals surface area contributed by atoms with Gasteiger partial charge in [0.2, 0.25) is 0 Å². The molecule has 0 saturated carbocycles. The van der Waals surface area contributed by atoms with Crippen molar-refractivity contribution in [3.63, 3.8) is 0 Å². The molecule has 0 radical (unpaired) electrons. The average Bonchev–Trinajstić information content (AvgIpc) is 2.51. The highest BCUT2D eigenvalue weighted by Gasteiger charge is 2.15. The van der Waals surface area contributed by atoms with Crippen LogP contribution in [0.25, 0.3) is 0 Å². The summed E-state index contributed by atoms with van der Waals surface area (Å²) in [6.07, 6.45) is 0. The van der Waals surface area contributed by atoms with Crippen molar-refractivity contribution >= 4 is 38.4 Å². The lowest BCUT2D eigenvalue weighted by Gasteiger charge is -2.17. The first-order chi connectivity index (χ1) is 6.50. The number of aromatic nitrogens is 1. The molecule has 1 aromatic rings. The number of carboxylic acid groups (broad SMARTS) is 1. The minimum Gasteiger partial charge on any atom is -0.481 e. The maximum absolute atomic E-state index is 10.6. The molecule has 1 heterocycles. The third kappa shape index (κ3) is 2.95. The SMILES string of the molecule is CC(CN(C)c1nc(Br)cs1)C(=O)O. The molecule has 0 spiro atoms. The molecule has 0 amide bonds. The van der Waals surface area contributed by atoms with Gasteiger partial charge in [-0.2, -0.15) is 0 Å². The minimum atomic E-state index is -0.785. The number of hydrogen-bond acceptors (Lipinski definition) is 4. The van der Waals surface area contributed by atoms with E-state index in [1.165, 1.54) is 11.3 Å². The van der Waals surface area contributed by atoms with E-state index in [9.17, 15) is 4.79 Å². The molecule has 0 aliphatic carbocycles. The maximum Gasteiger partial charge on any atom is 0.308 e. The second kappa shape index (κ2) is 4.75. The Morgan fingerprint density at radius 2 is 2.50 bits per heavy atom. The van der Waals surface area contributed by atoms with Crippen molar-refractivity contribution in [2.75, 3.05) is 18.5 Å². The smallest absolute Gasteiger partial charge is 0.308 e. The fourth-order valence-corrected chi connectivity index (χ4v) is 2.21. The van der Waals surface area contributed by atoms with Crippen LogP contribution in [0.4, 0.5) is 5.13 Å². The number of halogens is 1. The zero-order chi connectivity index (χ0) is 10.7. The maximum atomic E-state index is 10.6. The van der Waals surface area contributed by atoms with Crippen molar-refractivity contribution in [3.05, 3.63) is 9.98 Å². The molecule has 1 rings (SSSR count). The van der Waals surface area contributed by atoms with Crippen LogP contribution in [0.3, 0.4) is 0 Å².